The summed E-state index contributed by atoms with van der Waals surface area (Å²) in [7, 11) is 0. The number of carbonyl (C=O) groups is 1. The van der Waals surface area contributed by atoms with E-state index in [2.05, 4.69) is 5.32 Å². The van der Waals surface area contributed by atoms with E-state index in [1.165, 1.54) is 6.07 Å². The van der Waals surface area contributed by atoms with E-state index >= 15 is 0 Å². The van der Waals surface area contributed by atoms with E-state index < -0.39 is 17.5 Å². The van der Waals surface area contributed by atoms with Crippen LogP contribution < -0.4 is 5.32 Å². The van der Waals surface area contributed by atoms with Crippen molar-refractivity contribution in [2.75, 3.05) is 5.32 Å². The second-order valence-electron chi connectivity index (χ2n) is 5.06. The number of hydrogen-bond acceptors (Lipinski definition) is 2. The van der Waals surface area contributed by atoms with Crippen LogP contribution in [-0.4, -0.2) is 5.91 Å². The van der Waals surface area contributed by atoms with Gasteiger partial charge in [-0.25, -0.2) is 8.78 Å². The van der Waals surface area contributed by atoms with Crippen molar-refractivity contribution in [3.63, 3.8) is 0 Å². The van der Waals surface area contributed by atoms with Gasteiger partial charge in [0.25, 0.3) is 5.91 Å². The Kier molecular flexibility index (Phi) is 4.87. The molecule has 1 amide bonds. The summed E-state index contributed by atoms with van der Waals surface area (Å²) in [6.45, 7) is 3.66. The van der Waals surface area contributed by atoms with Crippen LogP contribution in [0.3, 0.4) is 0 Å². The molecule has 2 rings (SSSR count). The monoisotopic (exact) mass is 312 g/mol. The smallest absolute Gasteiger partial charge is 0.266 e. The molecule has 0 spiro atoms. The normalized spacial score (nSPS) is 11.0. The summed E-state index contributed by atoms with van der Waals surface area (Å²) in [5.41, 5.74) is 2.02. The number of anilines is 1. The van der Waals surface area contributed by atoms with Crippen LogP contribution in [0.1, 0.15) is 16.7 Å². The molecule has 2 aromatic rings. The van der Waals surface area contributed by atoms with Crippen molar-refractivity contribution in [2.24, 2.45) is 0 Å². The minimum absolute atomic E-state index is 0.0281. The number of halogens is 2. The Morgan fingerprint density at radius 2 is 1.83 bits per heavy atom. The minimum Gasteiger partial charge on any atom is -0.321 e. The van der Waals surface area contributed by atoms with Gasteiger partial charge in [-0.1, -0.05) is 18.2 Å². The highest BCUT2D eigenvalue weighted by Crippen LogP contribution is 2.21. The summed E-state index contributed by atoms with van der Waals surface area (Å²) >= 11 is 0. The Morgan fingerprint density at radius 3 is 2.39 bits per heavy atom. The second-order valence-corrected chi connectivity index (χ2v) is 5.06. The maximum Gasteiger partial charge on any atom is 0.266 e. The van der Waals surface area contributed by atoms with Crippen LogP contribution in [-0.2, 0) is 4.79 Å². The fraction of sp³-hybridized carbons (Fsp3) is 0.111. The van der Waals surface area contributed by atoms with Gasteiger partial charge in [-0.3, -0.25) is 4.79 Å². The number of carbonyl (C=O) groups excluding carboxylic acids is 1. The number of nitrogens with one attached hydrogen (secondary N) is 1. The molecule has 1 N–H and O–H groups in total. The zero-order valence-corrected chi connectivity index (χ0v) is 12.7. The molecule has 0 atom stereocenters. The van der Waals surface area contributed by atoms with Gasteiger partial charge < -0.3 is 5.32 Å². The summed E-state index contributed by atoms with van der Waals surface area (Å²) < 4.78 is 26.5. The van der Waals surface area contributed by atoms with Crippen LogP contribution >= 0.6 is 0 Å². The van der Waals surface area contributed by atoms with Gasteiger partial charge >= 0.3 is 0 Å². The van der Waals surface area contributed by atoms with Crippen molar-refractivity contribution in [1.82, 2.24) is 0 Å². The summed E-state index contributed by atoms with van der Waals surface area (Å²) in [5, 5.41) is 11.8. The molecule has 116 valence electrons. The number of benzene rings is 2. The zero-order chi connectivity index (χ0) is 17.0. The Morgan fingerprint density at radius 1 is 1.17 bits per heavy atom. The lowest BCUT2D eigenvalue weighted by Crippen LogP contribution is -2.15. The van der Waals surface area contributed by atoms with E-state index in [0.717, 1.165) is 23.3 Å². The van der Waals surface area contributed by atoms with Crippen LogP contribution in [0.4, 0.5) is 14.5 Å². The lowest BCUT2D eigenvalue weighted by Gasteiger charge is -2.11. The van der Waals surface area contributed by atoms with Crippen molar-refractivity contribution in [1.29, 1.82) is 5.26 Å². The quantitative estimate of drug-likeness (QED) is 0.684. The Bertz CT molecular complexity index is 815. The highest BCUT2D eigenvalue weighted by Gasteiger charge is 2.13. The molecule has 5 heteroatoms. The van der Waals surface area contributed by atoms with Crippen molar-refractivity contribution in [3.8, 4) is 6.07 Å². The molecule has 2 aromatic carbocycles. The number of para-hydroxylation sites is 1. The predicted molar refractivity (Wildman–Crippen MR) is 84.5 cm³/mol. The van der Waals surface area contributed by atoms with Crippen LogP contribution in [0.5, 0.6) is 0 Å². The van der Waals surface area contributed by atoms with Gasteiger partial charge in [-0.2, -0.15) is 5.26 Å². The van der Waals surface area contributed by atoms with Gasteiger partial charge in [0.15, 0.2) is 0 Å². The third-order valence-electron chi connectivity index (χ3n) is 3.35. The lowest BCUT2D eigenvalue weighted by atomic mass is 10.1. The van der Waals surface area contributed by atoms with Crippen LogP contribution in [0.2, 0.25) is 0 Å². The molecule has 0 fully saturated rings. The molecule has 0 unspecified atom stereocenters. The number of hydrogen-bond donors (Lipinski definition) is 1. The Balaban J connectivity index is 2.32. The minimum atomic E-state index is -0.836. The molecule has 0 heterocycles. The van der Waals surface area contributed by atoms with Gasteiger partial charge in [-0.15, -0.1) is 0 Å². The fourth-order valence-electron chi connectivity index (χ4n) is 2.12. The molecule has 0 saturated heterocycles. The van der Waals surface area contributed by atoms with Crippen molar-refractivity contribution in [3.05, 3.63) is 70.3 Å². The molecule has 0 aromatic heterocycles. The molecular weight excluding hydrogens is 298 g/mol. The number of nitriles is 1. The Hall–Kier alpha value is -3.00. The van der Waals surface area contributed by atoms with Crippen LogP contribution in [0.15, 0.2) is 42.0 Å². The third-order valence-corrected chi connectivity index (χ3v) is 3.35. The first-order valence-electron chi connectivity index (χ1n) is 6.87. The van der Waals surface area contributed by atoms with Gasteiger partial charge in [-0.05, 0) is 43.2 Å². The lowest BCUT2D eigenvalue weighted by molar-refractivity contribution is -0.112. The second kappa shape index (κ2) is 6.84. The molecule has 3 nitrogen and oxygen atoms in total. The first-order chi connectivity index (χ1) is 10.9. The summed E-state index contributed by atoms with van der Waals surface area (Å²) in [5.74, 6) is -2.20. The molecule has 0 aliphatic carbocycles. The molecule has 0 aliphatic rings. The van der Waals surface area contributed by atoms with Crippen molar-refractivity contribution >= 4 is 17.7 Å². The topological polar surface area (TPSA) is 52.9 Å². The Labute approximate surface area is 132 Å². The van der Waals surface area contributed by atoms with E-state index in [0.29, 0.717) is 11.8 Å². The maximum absolute atomic E-state index is 13.6. The van der Waals surface area contributed by atoms with E-state index in [4.69, 9.17) is 5.26 Å². The average molecular weight is 312 g/mol. The van der Waals surface area contributed by atoms with E-state index in [1.807, 2.05) is 32.0 Å². The molecule has 0 saturated carbocycles. The van der Waals surface area contributed by atoms with Crippen LogP contribution in [0, 0.1) is 36.8 Å². The van der Waals surface area contributed by atoms with Gasteiger partial charge in [0.1, 0.15) is 23.3 Å². The summed E-state index contributed by atoms with van der Waals surface area (Å²) in [6, 6.07) is 10.2. The standard InChI is InChI=1S/C18H14F2N2O/c1-11-4-3-5-12(2)17(11)22-18(23)14(10-21)8-13-6-7-15(19)9-16(13)20/h3-9H,1-2H3,(H,22,23)/b14-8+. The predicted octanol–water partition coefficient (Wildman–Crippen LogP) is 4.13. The van der Waals surface area contributed by atoms with Gasteiger partial charge in [0, 0.05) is 17.3 Å². The van der Waals surface area contributed by atoms with E-state index in [9.17, 15) is 13.6 Å². The zero-order valence-electron chi connectivity index (χ0n) is 12.7. The molecule has 0 aliphatic heterocycles. The fourth-order valence-corrected chi connectivity index (χ4v) is 2.12. The van der Waals surface area contributed by atoms with Crippen molar-refractivity contribution < 1.29 is 13.6 Å². The molecular formula is C18H14F2N2O. The number of nitrogens with zero attached hydrogens (tertiary/aromatic N) is 1. The van der Waals surface area contributed by atoms with Gasteiger partial charge in [0.2, 0.25) is 0 Å². The van der Waals surface area contributed by atoms with Crippen molar-refractivity contribution in [2.45, 2.75) is 13.8 Å². The number of amides is 1. The van der Waals surface area contributed by atoms with E-state index in [1.54, 1.807) is 6.07 Å². The third kappa shape index (κ3) is 3.80. The number of rotatable bonds is 3. The van der Waals surface area contributed by atoms with Gasteiger partial charge in [0.05, 0.1) is 0 Å². The molecule has 0 bridgehead atoms. The van der Waals surface area contributed by atoms with E-state index in [-0.39, 0.29) is 11.1 Å². The maximum atomic E-state index is 13.6. The SMILES string of the molecule is Cc1cccc(C)c1NC(=O)/C(C#N)=C/c1ccc(F)cc1F. The average Bonchev–Trinajstić information content (AvgIpc) is 2.50. The highest BCUT2D eigenvalue weighted by molar-refractivity contribution is 6.10. The largest absolute Gasteiger partial charge is 0.321 e. The highest BCUT2D eigenvalue weighted by atomic mass is 19.1. The summed E-state index contributed by atoms with van der Waals surface area (Å²) in [4.78, 5) is 12.2. The summed E-state index contributed by atoms with van der Waals surface area (Å²) in [6.07, 6.45) is 1.09. The number of aryl methyl sites for hydroxylation is 2. The molecule has 23 heavy (non-hydrogen) atoms. The molecule has 0 radical (unpaired) electrons. The first kappa shape index (κ1) is 16.4. The van der Waals surface area contributed by atoms with Crippen LogP contribution in [0.25, 0.3) is 6.08 Å². The first-order valence-corrected chi connectivity index (χ1v) is 6.87.